The predicted octanol–water partition coefficient (Wildman–Crippen LogP) is -1.50. The SMILES string of the molecule is COc1c[c-]ccc1.[Br-].[Zn+2]. The Morgan fingerprint density at radius 1 is 1.50 bits per heavy atom. The second-order valence-corrected chi connectivity index (χ2v) is 1.44. The first-order chi connectivity index (χ1) is 3.93. The predicted molar refractivity (Wildman–Crippen MR) is 31.8 cm³/mol. The summed E-state index contributed by atoms with van der Waals surface area (Å²) in [6.45, 7) is 0. The van der Waals surface area contributed by atoms with Crippen LogP contribution in [0.2, 0.25) is 0 Å². The molecular weight excluding hydrogens is 245 g/mol. The Labute approximate surface area is 84.3 Å². The Kier molecular flexibility index (Phi) is 9.24. The summed E-state index contributed by atoms with van der Waals surface area (Å²) in [6.07, 6.45) is 0. The molecule has 0 bridgehead atoms. The number of hydrogen-bond donors (Lipinski definition) is 0. The molecule has 0 saturated heterocycles. The molecule has 0 heterocycles. The van der Waals surface area contributed by atoms with E-state index >= 15 is 0 Å². The maximum atomic E-state index is 4.88. The molecule has 0 aliphatic rings. The van der Waals surface area contributed by atoms with Crippen LogP contribution in [0.3, 0.4) is 0 Å². The number of halogens is 1. The number of methoxy groups -OCH3 is 1. The summed E-state index contributed by atoms with van der Waals surface area (Å²) >= 11 is 0. The summed E-state index contributed by atoms with van der Waals surface area (Å²) in [5.41, 5.74) is 0. The van der Waals surface area contributed by atoms with Crippen LogP contribution in [-0.2, 0) is 19.5 Å². The molecule has 0 aliphatic carbocycles. The van der Waals surface area contributed by atoms with Gasteiger partial charge in [-0.2, -0.15) is 18.2 Å². The molecule has 0 aliphatic heterocycles. The third-order valence-corrected chi connectivity index (χ3v) is 0.914. The van der Waals surface area contributed by atoms with Crippen molar-refractivity contribution < 1.29 is 41.2 Å². The monoisotopic (exact) mass is 250 g/mol. The zero-order valence-electron chi connectivity index (χ0n) is 5.80. The Hall–Kier alpha value is 0.123. The van der Waals surface area contributed by atoms with Gasteiger partial charge in [-0.15, -0.1) is 12.1 Å². The van der Waals surface area contributed by atoms with Gasteiger partial charge >= 0.3 is 19.5 Å². The zero-order valence-corrected chi connectivity index (χ0v) is 10.4. The van der Waals surface area contributed by atoms with Crippen molar-refractivity contribution in [2.24, 2.45) is 0 Å². The first-order valence-corrected chi connectivity index (χ1v) is 2.43. The van der Waals surface area contributed by atoms with Crippen molar-refractivity contribution in [1.29, 1.82) is 0 Å². The van der Waals surface area contributed by atoms with E-state index in [9.17, 15) is 0 Å². The van der Waals surface area contributed by atoms with E-state index in [-0.39, 0.29) is 36.5 Å². The largest absolute Gasteiger partial charge is 2.00 e. The van der Waals surface area contributed by atoms with Crippen LogP contribution in [0.15, 0.2) is 24.3 Å². The van der Waals surface area contributed by atoms with Crippen molar-refractivity contribution in [3.05, 3.63) is 30.3 Å². The first-order valence-electron chi connectivity index (χ1n) is 2.43. The molecule has 0 N–H and O–H groups in total. The Balaban J connectivity index is 0. The minimum atomic E-state index is 0. The molecule has 3 heteroatoms. The summed E-state index contributed by atoms with van der Waals surface area (Å²) in [5, 5.41) is 0. The smallest absolute Gasteiger partial charge is 1.00 e. The molecule has 0 saturated carbocycles. The zero-order chi connectivity index (χ0) is 5.82. The van der Waals surface area contributed by atoms with Crippen molar-refractivity contribution >= 4 is 0 Å². The standard InChI is InChI=1S/C7H7O.BrH.Zn/c1-8-7-5-3-2-4-6-7;;/h2-3,5-6H,1H3;1H;/q-1;;+2/p-1. The van der Waals surface area contributed by atoms with Gasteiger partial charge < -0.3 is 21.7 Å². The number of rotatable bonds is 1. The van der Waals surface area contributed by atoms with Gasteiger partial charge in [0.05, 0.1) is 7.11 Å². The quantitative estimate of drug-likeness (QED) is 0.437. The van der Waals surface area contributed by atoms with Crippen molar-refractivity contribution in [3.63, 3.8) is 0 Å². The molecule has 0 atom stereocenters. The van der Waals surface area contributed by atoms with Crippen LogP contribution in [0, 0.1) is 6.07 Å². The average molecular weight is 252 g/mol. The van der Waals surface area contributed by atoms with Gasteiger partial charge in [0.25, 0.3) is 0 Å². The molecule has 0 fully saturated rings. The first kappa shape index (κ1) is 12.8. The van der Waals surface area contributed by atoms with E-state index in [2.05, 4.69) is 6.07 Å². The fraction of sp³-hybridized carbons (Fsp3) is 0.143. The van der Waals surface area contributed by atoms with Gasteiger partial charge in [-0.1, -0.05) is 0 Å². The van der Waals surface area contributed by atoms with Gasteiger partial charge in [0, 0.05) is 5.75 Å². The number of ether oxygens (including phenoxy) is 1. The maximum Gasteiger partial charge on any atom is 2.00 e. The van der Waals surface area contributed by atoms with Crippen LogP contribution in [0.5, 0.6) is 5.75 Å². The van der Waals surface area contributed by atoms with E-state index in [0.29, 0.717) is 0 Å². The van der Waals surface area contributed by atoms with Gasteiger partial charge in [0.2, 0.25) is 0 Å². The van der Waals surface area contributed by atoms with E-state index in [0.717, 1.165) is 5.75 Å². The number of hydrogen-bond acceptors (Lipinski definition) is 1. The molecule has 0 spiro atoms. The third kappa shape index (κ3) is 4.02. The van der Waals surface area contributed by atoms with Crippen molar-refractivity contribution in [3.8, 4) is 5.75 Å². The van der Waals surface area contributed by atoms with E-state index in [1.165, 1.54) is 0 Å². The van der Waals surface area contributed by atoms with Crippen LogP contribution in [0.4, 0.5) is 0 Å². The van der Waals surface area contributed by atoms with E-state index in [4.69, 9.17) is 4.74 Å². The van der Waals surface area contributed by atoms with Crippen LogP contribution < -0.4 is 21.7 Å². The van der Waals surface area contributed by atoms with Gasteiger partial charge in [0.15, 0.2) is 0 Å². The van der Waals surface area contributed by atoms with Crippen LogP contribution >= 0.6 is 0 Å². The minimum absolute atomic E-state index is 0. The molecule has 1 aromatic rings. The average Bonchev–Trinajstić information content (AvgIpc) is 1.90. The second kappa shape index (κ2) is 7.23. The topological polar surface area (TPSA) is 9.23 Å². The molecule has 10 heavy (non-hydrogen) atoms. The number of benzene rings is 1. The van der Waals surface area contributed by atoms with E-state index < -0.39 is 0 Å². The molecule has 0 aromatic heterocycles. The molecular formula is C7H7BrOZn. The van der Waals surface area contributed by atoms with E-state index in [1.807, 2.05) is 18.2 Å². The molecule has 50 valence electrons. The summed E-state index contributed by atoms with van der Waals surface area (Å²) in [7, 11) is 1.64. The summed E-state index contributed by atoms with van der Waals surface area (Å²) in [6, 6.07) is 10.3. The molecule has 1 nitrogen and oxygen atoms in total. The summed E-state index contributed by atoms with van der Waals surface area (Å²) in [4.78, 5) is 0. The Morgan fingerprint density at radius 3 is 2.50 bits per heavy atom. The van der Waals surface area contributed by atoms with Crippen molar-refractivity contribution in [1.82, 2.24) is 0 Å². The van der Waals surface area contributed by atoms with Gasteiger partial charge in [-0.25, -0.2) is 0 Å². The van der Waals surface area contributed by atoms with Crippen LogP contribution in [0.1, 0.15) is 0 Å². The molecule has 1 aromatic carbocycles. The minimum Gasteiger partial charge on any atom is -1.00 e. The summed E-state index contributed by atoms with van der Waals surface area (Å²) in [5.74, 6) is 0.854. The van der Waals surface area contributed by atoms with Crippen LogP contribution in [0.25, 0.3) is 0 Å². The molecule has 0 amide bonds. The Bertz CT molecular complexity index is 155. The molecule has 1 rings (SSSR count). The maximum absolute atomic E-state index is 4.88. The van der Waals surface area contributed by atoms with E-state index in [1.54, 1.807) is 13.2 Å². The third-order valence-electron chi connectivity index (χ3n) is 0.914. The van der Waals surface area contributed by atoms with Crippen molar-refractivity contribution in [2.75, 3.05) is 7.11 Å². The fourth-order valence-electron chi connectivity index (χ4n) is 0.504. The van der Waals surface area contributed by atoms with Crippen molar-refractivity contribution in [2.45, 2.75) is 0 Å². The molecule has 0 radical (unpaired) electrons. The molecule has 0 unspecified atom stereocenters. The van der Waals surface area contributed by atoms with Gasteiger partial charge in [-0.05, 0) is 0 Å². The summed E-state index contributed by atoms with van der Waals surface area (Å²) < 4.78 is 4.88. The van der Waals surface area contributed by atoms with Gasteiger partial charge in [-0.3, -0.25) is 0 Å². The van der Waals surface area contributed by atoms with Crippen LogP contribution in [-0.4, -0.2) is 7.11 Å². The fourth-order valence-corrected chi connectivity index (χ4v) is 0.504. The van der Waals surface area contributed by atoms with Gasteiger partial charge in [0.1, 0.15) is 0 Å². The normalized spacial score (nSPS) is 6.90. The Morgan fingerprint density at radius 2 is 2.20 bits per heavy atom. The second-order valence-electron chi connectivity index (χ2n) is 1.44.